The number of aromatic nitrogens is 5. The molecule has 5 rings (SSSR count). The molecular formula is C29H32N6OS. The molecule has 0 unspecified atom stereocenters. The number of tetrazole rings is 1. The van der Waals surface area contributed by atoms with Gasteiger partial charge in [-0.2, -0.15) is 0 Å². The van der Waals surface area contributed by atoms with E-state index in [1.807, 2.05) is 41.9 Å². The first-order valence-corrected chi connectivity index (χ1v) is 13.4. The maximum absolute atomic E-state index is 13.7. The maximum atomic E-state index is 13.7. The average Bonchev–Trinajstić information content (AvgIpc) is 3.57. The van der Waals surface area contributed by atoms with Crippen LogP contribution < -0.4 is 5.56 Å². The van der Waals surface area contributed by atoms with Crippen molar-refractivity contribution in [2.75, 3.05) is 6.54 Å². The topological polar surface area (TPSA) is 79.7 Å². The molecule has 0 aliphatic rings. The second-order valence-corrected chi connectivity index (χ2v) is 11.4. The van der Waals surface area contributed by atoms with E-state index >= 15 is 0 Å². The largest absolute Gasteiger partial charge is 0.321 e. The Morgan fingerprint density at radius 3 is 2.59 bits per heavy atom. The molecule has 3 aromatic heterocycles. The quantitative estimate of drug-likeness (QED) is 0.298. The van der Waals surface area contributed by atoms with Gasteiger partial charge in [-0.3, -0.25) is 9.69 Å². The van der Waals surface area contributed by atoms with Crippen molar-refractivity contribution in [3.05, 3.63) is 110 Å². The van der Waals surface area contributed by atoms with Crippen LogP contribution in [0.25, 0.3) is 10.9 Å². The summed E-state index contributed by atoms with van der Waals surface area (Å²) in [5, 5.41) is 16.0. The summed E-state index contributed by atoms with van der Waals surface area (Å²) in [4.78, 5) is 20.4. The van der Waals surface area contributed by atoms with Crippen LogP contribution in [0.4, 0.5) is 0 Å². The van der Waals surface area contributed by atoms with Crippen LogP contribution >= 0.6 is 11.3 Å². The van der Waals surface area contributed by atoms with Crippen molar-refractivity contribution < 1.29 is 0 Å². The Morgan fingerprint density at radius 2 is 1.86 bits per heavy atom. The fraction of sp³-hybridized carbons (Fsp3) is 0.310. The lowest BCUT2D eigenvalue weighted by Gasteiger charge is -2.32. The van der Waals surface area contributed by atoms with Gasteiger partial charge in [-0.25, -0.2) is 4.68 Å². The number of para-hydroxylation sites is 1. The van der Waals surface area contributed by atoms with Crippen molar-refractivity contribution >= 4 is 22.2 Å². The van der Waals surface area contributed by atoms with Crippen LogP contribution in [0, 0.1) is 6.92 Å². The minimum absolute atomic E-state index is 0.119. The van der Waals surface area contributed by atoms with Crippen LogP contribution in [-0.2, 0) is 18.5 Å². The summed E-state index contributed by atoms with van der Waals surface area (Å²) in [5.41, 5.74) is 3.31. The smallest absolute Gasteiger partial charge is 0.253 e. The molecule has 0 aliphatic heterocycles. The molecule has 2 aromatic carbocycles. The number of benzene rings is 2. The van der Waals surface area contributed by atoms with Crippen molar-refractivity contribution in [1.82, 2.24) is 30.1 Å². The van der Waals surface area contributed by atoms with Gasteiger partial charge in [0.2, 0.25) is 0 Å². The van der Waals surface area contributed by atoms with Crippen LogP contribution in [0.2, 0.25) is 0 Å². The van der Waals surface area contributed by atoms with Gasteiger partial charge in [-0.15, -0.1) is 16.4 Å². The number of thiophene rings is 1. The van der Waals surface area contributed by atoms with Gasteiger partial charge in [0.25, 0.3) is 5.56 Å². The SMILES string of the molecule is Cc1cccc2cc([C@@H](c3nnnn3C(C)(C)C)N(CCc3ccccc3)Cc3cccs3)c(=O)[nH]c12. The first-order chi connectivity index (χ1) is 17.8. The van der Waals surface area contributed by atoms with Gasteiger partial charge in [-0.1, -0.05) is 54.6 Å². The number of aryl methyl sites for hydroxylation is 1. The zero-order valence-corrected chi connectivity index (χ0v) is 22.5. The number of aromatic amines is 1. The van der Waals surface area contributed by atoms with Crippen molar-refractivity contribution in [3.63, 3.8) is 0 Å². The average molecular weight is 513 g/mol. The minimum atomic E-state index is -0.436. The van der Waals surface area contributed by atoms with Crippen LogP contribution in [0.15, 0.2) is 76.9 Å². The van der Waals surface area contributed by atoms with Gasteiger partial charge >= 0.3 is 0 Å². The summed E-state index contributed by atoms with van der Waals surface area (Å²) < 4.78 is 1.85. The Balaban J connectivity index is 1.68. The number of hydrogen-bond donors (Lipinski definition) is 1. The molecular weight excluding hydrogens is 480 g/mol. The molecule has 1 atom stereocenters. The minimum Gasteiger partial charge on any atom is -0.321 e. The molecule has 0 saturated carbocycles. The van der Waals surface area contributed by atoms with E-state index in [9.17, 15) is 4.79 Å². The zero-order chi connectivity index (χ0) is 26.0. The summed E-state index contributed by atoms with van der Waals surface area (Å²) in [7, 11) is 0. The number of pyridine rings is 1. The third-order valence-corrected chi connectivity index (χ3v) is 7.48. The molecule has 3 heterocycles. The normalized spacial score (nSPS) is 12.9. The van der Waals surface area contributed by atoms with Gasteiger partial charge in [0.05, 0.1) is 11.1 Å². The van der Waals surface area contributed by atoms with E-state index in [2.05, 4.69) is 88.0 Å². The van der Waals surface area contributed by atoms with E-state index in [-0.39, 0.29) is 11.1 Å². The number of nitrogens with one attached hydrogen (secondary N) is 1. The molecule has 5 aromatic rings. The Bertz CT molecular complexity index is 1530. The molecule has 0 radical (unpaired) electrons. The summed E-state index contributed by atoms with van der Waals surface area (Å²) >= 11 is 1.72. The predicted molar refractivity (Wildman–Crippen MR) is 149 cm³/mol. The van der Waals surface area contributed by atoms with Gasteiger partial charge in [-0.05, 0) is 78.6 Å². The molecule has 7 nitrogen and oxygen atoms in total. The fourth-order valence-electron chi connectivity index (χ4n) is 4.76. The van der Waals surface area contributed by atoms with Crippen LogP contribution in [0.1, 0.15) is 54.2 Å². The van der Waals surface area contributed by atoms with E-state index in [1.54, 1.807) is 11.3 Å². The van der Waals surface area contributed by atoms with Crippen molar-refractivity contribution in [1.29, 1.82) is 0 Å². The number of nitrogens with zero attached hydrogens (tertiary/aromatic N) is 5. The Kier molecular flexibility index (Phi) is 7.04. The third-order valence-electron chi connectivity index (χ3n) is 6.62. The Labute approximate surface area is 220 Å². The number of H-pyrrole nitrogens is 1. The lowest BCUT2D eigenvalue weighted by molar-refractivity contribution is 0.196. The number of fused-ring (bicyclic) bond motifs is 1. The van der Waals surface area contributed by atoms with E-state index in [0.717, 1.165) is 29.4 Å². The molecule has 37 heavy (non-hydrogen) atoms. The molecule has 0 spiro atoms. The van der Waals surface area contributed by atoms with E-state index in [0.29, 0.717) is 17.9 Å². The molecule has 0 bridgehead atoms. The summed E-state index contributed by atoms with van der Waals surface area (Å²) in [5.74, 6) is 0.662. The van der Waals surface area contributed by atoms with Gasteiger partial charge in [0.1, 0.15) is 6.04 Å². The summed E-state index contributed by atoms with van der Waals surface area (Å²) in [6.07, 6.45) is 0.838. The third kappa shape index (κ3) is 5.40. The lowest BCUT2D eigenvalue weighted by atomic mass is 10.00. The fourth-order valence-corrected chi connectivity index (χ4v) is 5.49. The lowest BCUT2D eigenvalue weighted by Crippen LogP contribution is -2.38. The second-order valence-electron chi connectivity index (χ2n) is 10.4. The van der Waals surface area contributed by atoms with Crippen LogP contribution in [0.5, 0.6) is 0 Å². The summed E-state index contributed by atoms with van der Waals surface area (Å²) in [6, 6.07) is 22.3. The summed E-state index contributed by atoms with van der Waals surface area (Å²) in [6.45, 7) is 9.65. The van der Waals surface area contributed by atoms with Gasteiger partial charge in [0.15, 0.2) is 5.82 Å². The molecule has 0 aliphatic carbocycles. The number of hydrogen-bond acceptors (Lipinski definition) is 6. The highest BCUT2D eigenvalue weighted by Gasteiger charge is 2.33. The highest BCUT2D eigenvalue weighted by atomic mass is 32.1. The standard InChI is InChI=1S/C29H32N6OS/c1-20-10-8-13-22-18-24(28(36)30-25(20)22)26(27-31-32-33-35(27)29(2,3)4)34(19-23-14-9-17-37-23)16-15-21-11-6-5-7-12-21/h5-14,17-18,26H,15-16,19H2,1-4H3,(H,30,36)/t26-/m0/s1. The molecule has 0 amide bonds. The second kappa shape index (κ2) is 10.4. The zero-order valence-electron chi connectivity index (χ0n) is 21.7. The van der Waals surface area contributed by atoms with Crippen molar-refractivity contribution in [3.8, 4) is 0 Å². The molecule has 1 N–H and O–H groups in total. The first kappa shape index (κ1) is 25.0. The monoisotopic (exact) mass is 512 g/mol. The van der Waals surface area contributed by atoms with Gasteiger partial charge in [0, 0.05) is 23.5 Å². The van der Waals surface area contributed by atoms with Crippen molar-refractivity contribution in [2.24, 2.45) is 0 Å². The van der Waals surface area contributed by atoms with Crippen LogP contribution in [-0.4, -0.2) is 36.6 Å². The Hall–Kier alpha value is -3.62. The van der Waals surface area contributed by atoms with E-state index in [1.165, 1.54) is 10.4 Å². The number of rotatable bonds is 8. The Morgan fingerprint density at radius 1 is 1.05 bits per heavy atom. The molecule has 8 heteroatoms. The molecule has 190 valence electrons. The molecule has 0 saturated heterocycles. The van der Waals surface area contributed by atoms with Gasteiger partial charge < -0.3 is 4.98 Å². The van der Waals surface area contributed by atoms with E-state index in [4.69, 9.17) is 0 Å². The van der Waals surface area contributed by atoms with Crippen molar-refractivity contribution in [2.45, 2.75) is 52.2 Å². The first-order valence-electron chi connectivity index (χ1n) is 12.5. The van der Waals surface area contributed by atoms with Crippen LogP contribution in [0.3, 0.4) is 0 Å². The highest BCUT2D eigenvalue weighted by molar-refractivity contribution is 7.09. The highest BCUT2D eigenvalue weighted by Crippen LogP contribution is 2.31. The maximum Gasteiger partial charge on any atom is 0.253 e. The molecule has 0 fully saturated rings. The van der Waals surface area contributed by atoms with E-state index < -0.39 is 6.04 Å². The predicted octanol–water partition coefficient (Wildman–Crippen LogP) is 5.47.